The lowest BCUT2D eigenvalue weighted by molar-refractivity contribution is -0.00556. The number of rotatable bonds is 8. The summed E-state index contributed by atoms with van der Waals surface area (Å²) in [5.74, 6) is -1.02. The number of nitrogens with zero attached hydrogens (tertiary/aromatic N) is 1. The summed E-state index contributed by atoms with van der Waals surface area (Å²) in [5.41, 5.74) is 13.0. The van der Waals surface area contributed by atoms with Crippen LogP contribution in [0.4, 0.5) is 14.6 Å². The number of allylic oxidation sites excluding steroid dienone is 3. The third-order valence-electron chi connectivity index (χ3n) is 2.94. The van der Waals surface area contributed by atoms with Crippen LogP contribution >= 0.6 is 0 Å². The molecule has 5 nitrogen and oxygen atoms in total. The molecule has 0 saturated carbocycles. The number of nitrogen functional groups attached to an aromatic ring is 1. The molecule has 0 aliphatic carbocycles. The predicted octanol–water partition coefficient (Wildman–Crippen LogP) is 2.37. The Balaban J connectivity index is 3.10. The molecule has 0 bridgehead atoms. The van der Waals surface area contributed by atoms with E-state index < -0.39 is 5.82 Å². The van der Waals surface area contributed by atoms with E-state index in [9.17, 15) is 8.92 Å². The second-order valence-corrected chi connectivity index (χ2v) is 4.67. The molecule has 124 valence electrons. The number of hydrogen-bond acceptors (Lipinski definition) is 5. The summed E-state index contributed by atoms with van der Waals surface area (Å²) < 4.78 is 26.0. The highest BCUT2D eigenvalue weighted by atomic mass is 19.3. The lowest BCUT2D eigenvalue weighted by Crippen LogP contribution is -2.16. The van der Waals surface area contributed by atoms with Gasteiger partial charge < -0.3 is 16.8 Å². The summed E-state index contributed by atoms with van der Waals surface area (Å²) in [7, 11) is 1.81. The molecule has 0 atom stereocenters. The molecule has 0 radical (unpaired) electrons. The Labute approximate surface area is 133 Å². The first-order chi connectivity index (χ1) is 11.0. The van der Waals surface area contributed by atoms with Crippen molar-refractivity contribution in [3.05, 3.63) is 53.0 Å². The summed E-state index contributed by atoms with van der Waals surface area (Å²) in [6, 6.07) is 2.16. The van der Waals surface area contributed by atoms with Crippen molar-refractivity contribution in [2.24, 2.45) is 10.7 Å². The largest absolute Gasteiger partial charge is 0.396 e. The first-order valence-electron chi connectivity index (χ1n) is 6.81. The third-order valence-corrected chi connectivity index (χ3v) is 2.94. The van der Waals surface area contributed by atoms with E-state index in [1.807, 2.05) is 6.08 Å². The van der Waals surface area contributed by atoms with Gasteiger partial charge in [-0.3, -0.25) is 9.93 Å². The van der Waals surface area contributed by atoms with Crippen molar-refractivity contribution in [2.45, 2.75) is 0 Å². The first kappa shape index (κ1) is 18.5. The minimum Gasteiger partial charge on any atom is -0.396 e. The highest BCUT2D eigenvalue weighted by Gasteiger charge is 2.08. The van der Waals surface area contributed by atoms with Crippen LogP contribution in [0.3, 0.4) is 0 Å². The van der Waals surface area contributed by atoms with Gasteiger partial charge in [-0.15, -0.1) is 0 Å². The van der Waals surface area contributed by atoms with Gasteiger partial charge in [-0.25, -0.2) is 4.39 Å². The number of halogens is 2. The second kappa shape index (κ2) is 9.50. The van der Waals surface area contributed by atoms with Gasteiger partial charge in [-0.05, 0) is 31.0 Å². The molecular formula is C16H20F2N4O. The van der Waals surface area contributed by atoms with E-state index in [-0.39, 0.29) is 17.0 Å². The topological polar surface area (TPSA) is 85.7 Å². The summed E-state index contributed by atoms with van der Waals surface area (Å²) in [4.78, 5) is 7.19. The Bertz CT molecular complexity index is 639. The van der Waals surface area contributed by atoms with Crippen LogP contribution in [0.1, 0.15) is 5.56 Å². The Morgan fingerprint density at radius 3 is 2.78 bits per heavy atom. The summed E-state index contributed by atoms with van der Waals surface area (Å²) >= 11 is 0. The first-order valence-corrected chi connectivity index (χ1v) is 6.81. The van der Waals surface area contributed by atoms with Gasteiger partial charge in [-0.1, -0.05) is 18.2 Å². The lowest BCUT2D eigenvalue weighted by Gasteiger charge is -2.05. The van der Waals surface area contributed by atoms with Gasteiger partial charge in [0.05, 0.1) is 5.69 Å². The SMILES string of the molecule is C=N/C=C(C=Cc1cc(N)c(OF)cc1F)\C=C(/CN)CNC. The maximum Gasteiger partial charge on any atom is 0.197 e. The number of hydrogen-bond donors (Lipinski definition) is 3. The van der Waals surface area contributed by atoms with Crippen LogP contribution in [0, 0.1) is 5.82 Å². The van der Waals surface area contributed by atoms with E-state index in [0.717, 1.165) is 11.6 Å². The average molecular weight is 322 g/mol. The zero-order chi connectivity index (χ0) is 17.2. The van der Waals surface area contributed by atoms with Gasteiger partial charge in [0, 0.05) is 35.4 Å². The number of nitrogens with two attached hydrogens (primary N) is 2. The minimum absolute atomic E-state index is 0.00528. The van der Waals surface area contributed by atoms with Gasteiger partial charge >= 0.3 is 0 Å². The van der Waals surface area contributed by atoms with Gasteiger partial charge in [0.15, 0.2) is 5.75 Å². The summed E-state index contributed by atoms with van der Waals surface area (Å²) in [6.45, 7) is 4.38. The summed E-state index contributed by atoms with van der Waals surface area (Å²) in [6.07, 6.45) is 6.46. The monoisotopic (exact) mass is 322 g/mol. The number of anilines is 1. The molecule has 1 aromatic carbocycles. The van der Waals surface area contributed by atoms with E-state index in [0.29, 0.717) is 18.7 Å². The Hall–Kier alpha value is -2.51. The van der Waals surface area contributed by atoms with Crippen LogP contribution in [0.5, 0.6) is 5.75 Å². The number of benzene rings is 1. The zero-order valence-electron chi connectivity index (χ0n) is 12.9. The maximum atomic E-state index is 13.8. The van der Waals surface area contributed by atoms with Gasteiger partial charge in [-0.2, -0.15) is 0 Å². The van der Waals surface area contributed by atoms with Crippen LogP contribution in [0.25, 0.3) is 6.08 Å². The number of likely N-dealkylation sites (N-methyl/N-ethyl adjacent to an activating group) is 1. The van der Waals surface area contributed by atoms with Crippen LogP contribution < -0.4 is 21.7 Å². The molecule has 0 amide bonds. The molecule has 0 fully saturated rings. The van der Waals surface area contributed by atoms with Crippen molar-refractivity contribution in [1.82, 2.24) is 5.32 Å². The molecule has 0 aliphatic rings. The normalized spacial score (nSPS) is 12.7. The number of nitrogens with one attached hydrogen (secondary N) is 1. The Morgan fingerprint density at radius 1 is 1.48 bits per heavy atom. The molecular weight excluding hydrogens is 302 g/mol. The Morgan fingerprint density at radius 2 is 2.22 bits per heavy atom. The van der Waals surface area contributed by atoms with Crippen molar-refractivity contribution >= 4 is 18.5 Å². The van der Waals surface area contributed by atoms with Crippen molar-refractivity contribution in [1.29, 1.82) is 0 Å². The van der Waals surface area contributed by atoms with E-state index in [4.69, 9.17) is 11.5 Å². The van der Waals surface area contributed by atoms with E-state index in [2.05, 4.69) is 22.0 Å². The Kier molecular flexibility index (Phi) is 7.65. The molecule has 0 spiro atoms. The molecule has 0 heterocycles. The van der Waals surface area contributed by atoms with E-state index in [1.54, 1.807) is 13.1 Å². The maximum absolute atomic E-state index is 13.8. The smallest absolute Gasteiger partial charge is 0.197 e. The predicted molar refractivity (Wildman–Crippen MR) is 90.3 cm³/mol. The van der Waals surface area contributed by atoms with Crippen molar-refractivity contribution < 1.29 is 13.9 Å². The van der Waals surface area contributed by atoms with Gasteiger partial charge in [0.25, 0.3) is 0 Å². The molecule has 0 aliphatic heterocycles. The third kappa shape index (κ3) is 5.65. The van der Waals surface area contributed by atoms with Crippen LogP contribution in [-0.2, 0) is 0 Å². The molecule has 1 aromatic rings. The van der Waals surface area contributed by atoms with Crippen molar-refractivity contribution in [2.75, 3.05) is 25.9 Å². The standard InChI is InChI=1S/C16H20F2N4O/c1-21-9-11(5-12(8-19)10-22-2)3-4-13-6-15(20)16(23-18)7-14(13)17/h3-7,9,22H,1,8,10,19-20H2,2H3/b4-3?,11-9-,12-5+. The fraction of sp³-hybridized carbons (Fsp3) is 0.188. The molecule has 0 aromatic heterocycles. The minimum atomic E-state index is -0.660. The van der Waals surface area contributed by atoms with Crippen LogP contribution in [0.15, 0.2) is 46.6 Å². The molecule has 0 saturated heterocycles. The fourth-order valence-corrected chi connectivity index (χ4v) is 1.85. The highest BCUT2D eigenvalue weighted by Crippen LogP contribution is 2.26. The lowest BCUT2D eigenvalue weighted by atomic mass is 10.1. The van der Waals surface area contributed by atoms with Gasteiger partial charge in [0.2, 0.25) is 0 Å². The summed E-state index contributed by atoms with van der Waals surface area (Å²) in [5, 5.41) is 3.00. The van der Waals surface area contributed by atoms with Crippen molar-refractivity contribution in [3.8, 4) is 5.75 Å². The number of aliphatic imine (C=N–C) groups is 1. The second-order valence-electron chi connectivity index (χ2n) is 4.67. The van der Waals surface area contributed by atoms with Crippen molar-refractivity contribution in [3.63, 3.8) is 0 Å². The van der Waals surface area contributed by atoms with E-state index >= 15 is 0 Å². The highest BCUT2D eigenvalue weighted by molar-refractivity contribution is 5.64. The zero-order valence-corrected chi connectivity index (χ0v) is 12.9. The molecule has 23 heavy (non-hydrogen) atoms. The molecule has 1 rings (SSSR count). The molecule has 0 unspecified atom stereocenters. The van der Waals surface area contributed by atoms with E-state index in [1.165, 1.54) is 18.3 Å². The fourth-order valence-electron chi connectivity index (χ4n) is 1.85. The average Bonchev–Trinajstić information content (AvgIpc) is 2.54. The molecule has 5 N–H and O–H groups in total. The van der Waals surface area contributed by atoms with Crippen LogP contribution in [0.2, 0.25) is 0 Å². The quantitative estimate of drug-likeness (QED) is 0.390. The van der Waals surface area contributed by atoms with Gasteiger partial charge in [0.1, 0.15) is 5.82 Å². The van der Waals surface area contributed by atoms with Crippen LogP contribution in [-0.4, -0.2) is 26.9 Å². The molecule has 7 heteroatoms.